The van der Waals surface area contributed by atoms with Gasteiger partial charge in [-0.25, -0.2) is 14.9 Å². The summed E-state index contributed by atoms with van der Waals surface area (Å²) in [6.45, 7) is 3.81. The fourth-order valence-electron chi connectivity index (χ4n) is 4.91. The summed E-state index contributed by atoms with van der Waals surface area (Å²) in [5, 5.41) is 4.38. The molecule has 3 saturated heterocycles. The molecule has 28 heavy (non-hydrogen) atoms. The number of hydrogen-bond donors (Lipinski definition) is 0. The number of anilines is 1. The van der Waals surface area contributed by atoms with Gasteiger partial charge < -0.3 is 0 Å². The molecule has 2 aromatic carbocycles. The average molecular weight is 440 g/mol. The number of aryl methyl sites for hydroxylation is 1. The third-order valence-corrected chi connectivity index (χ3v) is 6.75. The van der Waals surface area contributed by atoms with E-state index in [-0.39, 0.29) is 23.8 Å². The fourth-order valence-corrected chi connectivity index (χ4v) is 5.17. The summed E-state index contributed by atoms with van der Waals surface area (Å²) >= 11 is 3.49. The fraction of sp³-hybridized carbons (Fsp3) is 0.364. The summed E-state index contributed by atoms with van der Waals surface area (Å²) < 4.78 is 1.01. The van der Waals surface area contributed by atoms with Crippen LogP contribution in [0.5, 0.6) is 0 Å². The molecule has 3 heterocycles. The molecule has 0 saturated carbocycles. The maximum Gasteiger partial charge on any atom is 0.253 e. The molecule has 0 N–H and O–H groups in total. The van der Waals surface area contributed by atoms with Crippen LogP contribution in [0.15, 0.2) is 53.0 Å². The molecular weight excluding hydrogens is 418 g/mol. The van der Waals surface area contributed by atoms with E-state index in [0.29, 0.717) is 5.69 Å². The van der Waals surface area contributed by atoms with E-state index in [1.54, 1.807) is 0 Å². The Kier molecular flexibility index (Phi) is 4.38. The number of rotatable bonds is 3. The van der Waals surface area contributed by atoms with Crippen molar-refractivity contribution in [2.45, 2.75) is 31.8 Å². The zero-order valence-electron chi connectivity index (χ0n) is 15.7. The van der Waals surface area contributed by atoms with Gasteiger partial charge in [0.05, 0.1) is 17.6 Å². The number of hydrogen-bond acceptors (Lipinski definition) is 4. The molecule has 0 aromatic heterocycles. The molecule has 3 aliphatic heterocycles. The highest BCUT2D eigenvalue weighted by molar-refractivity contribution is 9.10. The summed E-state index contributed by atoms with van der Waals surface area (Å²) in [6.07, 6.45) is 1.95. The zero-order chi connectivity index (χ0) is 19.4. The Morgan fingerprint density at radius 3 is 2.18 bits per heavy atom. The summed E-state index contributed by atoms with van der Waals surface area (Å²) in [4.78, 5) is 28.2. The number of nitrogens with zero attached hydrogens (tertiary/aromatic N) is 3. The van der Waals surface area contributed by atoms with Crippen LogP contribution in [0.3, 0.4) is 0 Å². The van der Waals surface area contributed by atoms with Gasteiger partial charge in [0.25, 0.3) is 5.91 Å². The van der Waals surface area contributed by atoms with Crippen molar-refractivity contribution < 1.29 is 9.59 Å². The highest BCUT2D eigenvalue weighted by Crippen LogP contribution is 2.48. The first-order chi connectivity index (χ1) is 13.6. The molecule has 2 aromatic rings. The number of carbonyl (C=O) groups excluding carboxylic acids is 2. The van der Waals surface area contributed by atoms with Gasteiger partial charge in [-0.2, -0.15) is 0 Å². The molecule has 3 fully saturated rings. The predicted octanol–water partition coefficient (Wildman–Crippen LogP) is 3.55. The monoisotopic (exact) mass is 439 g/mol. The van der Waals surface area contributed by atoms with Gasteiger partial charge in [-0.1, -0.05) is 47.1 Å². The van der Waals surface area contributed by atoms with Gasteiger partial charge in [0.2, 0.25) is 5.91 Å². The van der Waals surface area contributed by atoms with Gasteiger partial charge in [0, 0.05) is 17.6 Å². The molecule has 3 atom stereocenters. The van der Waals surface area contributed by atoms with Gasteiger partial charge in [-0.05, 0) is 48.2 Å². The van der Waals surface area contributed by atoms with Crippen LogP contribution in [0.4, 0.5) is 5.69 Å². The Hall–Kier alpha value is -2.02. The quantitative estimate of drug-likeness (QED) is 0.685. The maximum atomic E-state index is 13.5. The Morgan fingerprint density at radius 1 is 0.893 bits per heavy atom. The van der Waals surface area contributed by atoms with Gasteiger partial charge in [0.1, 0.15) is 6.04 Å². The summed E-state index contributed by atoms with van der Waals surface area (Å²) in [5.74, 6) is -0.535. The van der Waals surface area contributed by atoms with Crippen LogP contribution in [-0.2, 0) is 16.0 Å². The lowest BCUT2D eigenvalue weighted by atomic mass is 9.90. The number of hydrazine groups is 1. The van der Waals surface area contributed by atoms with Crippen molar-refractivity contribution in [3.63, 3.8) is 0 Å². The Labute approximate surface area is 173 Å². The van der Waals surface area contributed by atoms with Gasteiger partial charge >= 0.3 is 0 Å². The first-order valence-electron chi connectivity index (χ1n) is 9.85. The Bertz CT molecular complexity index is 928. The average Bonchev–Trinajstić information content (AvgIpc) is 3.35. The van der Waals surface area contributed by atoms with E-state index in [0.717, 1.165) is 36.0 Å². The maximum absolute atomic E-state index is 13.5. The molecule has 144 valence electrons. The lowest BCUT2D eigenvalue weighted by Gasteiger charge is -2.29. The normalized spacial score (nSPS) is 27.5. The Morgan fingerprint density at radius 2 is 1.54 bits per heavy atom. The Balaban J connectivity index is 1.55. The van der Waals surface area contributed by atoms with Crippen molar-refractivity contribution in [1.29, 1.82) is 0 Å². The van der Waals surface area contributed by atoms with Crippen LogP contribution in [0.25, 0.3) is 0 Å². The number of imide groups is 1. The lowest BCUT2D eigenvalue weighted by Crippen LogP contribution is -2.44. The number of halogens is 1. The van der Waals surface area contributed by atoms with Crippen molar-refractivity contribution in [3.05, 3.63) is 64.1 Å². The van der Waals surface area contributed by atoms with E-state index in [1.165, 1.54) is 10.5 Å². The molecule has 0 spiro atoms. The van der Waals surface area contributed by atoms with Crippen molar-refractivity contribution in [1.82, 2.24) is 10.0 Å². The summed E-state index contributed by atoms with van der Waals surface area (Å²) in [5.41, 5.74) is 2.97. The van der Waals surface area contributed by atoms with Crippen molar-refractivity contribution in [2.75, 3.05) is 18.0 Å². The number of carbonyl (C=O) groups is 2. The van der Waals surface area contributed by atoms with Crippen LogP contribution in [0.2, 0.25) is 0 Å². The smallest absolute Gasteiger partial charge is 0.253 e. The number of fused-ring (bicyclic) bond motifs is 3. The van der Waals surface area contributed by atoms with E-state index < -0.39 is 6.04 Å². The number of amides is 2. The molecule has 3 aliphatic rings. The van der Waals surface area contributed by atoms with Gasteiger partial charge in [0.15, 0.2) is 0 Å². The van der Waals surface area contributed by atoms with E-state index in [2.05, 4.69) is 45.0 Å². The molecule has 0 aliphatic carbocycles. The first-order valence-corrected chi connectivity index (χ1v) is 10.6. The second-order valence-corrected chi connectivity index (χ2v) is 8.59. The highest BCUT2D eigenvalue weighted by atomic mass is 79.9. The van der Waals surface area contributed by atoms with Gasteiger partial charge in [-0.3, -0.25) is 9.59 Å². The summed E-state index contributed by atoms with van der Waals surface area (Å²) in [7, 11) is 0. The minimum absolute atomic E-state index is 0.0819. The second kappa shape index (κ2) is 6.79. The van der Waals surface area contributed by atoms with Crippen LogP contribution < -0.4 is 4.90 Å². The van der Waals surface area contributed by atoms with E-state index in [1.807, 2.05) is 36.4 Å². The van der Waals surface area contributed by atoms with Crippen LogP contribution in [-0.4, -0.2) is 41.0 Å². The van der Waals surface area contributed by atoms with Crippen LogP contribution in [0.1, 0.15) is 30.5 Å². The van der Waals surface area contributed by atoms with Crippen LogP contribution >= 0.6 is 15.9 Å². The van der Waals surface area contributed by atoms with Crippen molar-refractivity contribution in [3.8, 4) is 0 Å². The first kappa shape index (κ1) is 18.0. The van der Waals surface area contributed by atoms with E-state index >= 15 is 0 Å². The molecular formula is C22H22BrN3O2. The molecule has 0 unspecified atom stereocenters. The minimum atomic E-state index is -0.394. The van der Waals surface area contributed by atoms with Crippen molar-refractivity contribution >= 4 is 33.4 Å². The molecule has 0 radical (unpaired) electrons. The number of benzene rings is 2. The van der Waals surface area contributed by atoms with E-state index in [4.69, 9.17) is 0 Å². The second-order valence-electron chi connectivity index (χ2n) is 7.68. The van der Waals surface area contributed by atoms with Crippen LogP contribution in [0, 0.1) is 5.92 Å². The molecule has 6 heteroatoms. The third-order valence-electron chi connectivity index (χ3n) is 6.22. The predicted molar refractivity (Wildman–Crippen MR) is 111 cm³/mol. The molecule has 0 bridgehead atoms. The summed E-state index contributed by atoms with van der Waals surface area (Å²) in [6, 6.07) is 15.4. The third kappa shape index (κ3) is 2.59. The largest absolute Gasteiger partial charge is 0.274 e. The van der Waals surface area contributed by atoms with Crippen molar-refractivity contribution in [2.24, 2.45) is 5.92 Å². The van der Waals surface area contributed by atoms with Gasteiger partial charge in [-0.15, -0.1) is 0 Å². The minimum Gasteiger partial charge on any atom is -0.274 e. The molecule has 5 nitrogen and oxygen atoms in total. The topological polar surface area (TPSA) is 43.9 Å². The molecule has 2 amide bonds. The highest BCUT2D eigenvalue weighted by Gasteiger charge is 2.62. The zero-order valence-corrected chi connectivity index (χ0v) is 17.3. The standard InChI is InChI=1S/C22H22BrN3O2/c1-2-14-4-10-17(11-5-14)26-21(27)18-19(15-6-8-16(23)9-7-15)24-12-3-13-25(24)20(18)22(26)28/h4-11,18-20H,2-3,12-13H2,1H3/t18-,19+,20+/m1/s1. The molecule has 5 rings (SSSR count). The van der Waals surface area contributed by atoms with E-state index in [9.17, 15) is 9.59 Å². The lowest BCUT2D eigenvalue weighted by molar-refractivity contribution is -0.126. The SMILES string of the molecule is CCc1ccc(N2C(=O)[C@H]3[C@@H](C2=O)N2CCCN2[C@H]3c2ccc(Br)cc2)cc1.